The second kappa shape index (κ2) is 8.05. The molecule has 0 bridgehead atoms. The summed E-state index contributed by atoms with van der Waals surface area (Å²) in [6.45, 7) is -0.0707. The molecule has 0 spiro atoms. The average molecular weight is 421 g/mol. The zero-order valence-electron chi connectivity index (χ0n) is 13.9. The summed E-state index contributed by atoms with van der Waals surface area (Å²) in [4.78, 5) is 23.5. The first-order valence-corrected chi connectivity index (χ1v) is 8.30. The summed E-state index contributed by atoms with van der Waals surface area (Å²) in [7, 11) is 0. The molecule has 12 heteroatoms. The fourth-order valence-electron chi connectivity index (χ4n) is 2.57. The monoisotopic (exact) mass is 420 g/mol. The second-order valence-corrected chi connectivity index (χ2v) is 6.26. The quantitative estimate of drug-likeness (QED) is 0.704. The largest absolute Gasteiger partial charge is 0.434 e. The van der Waals surface area contributed by atoms with Gasteiger partial charge in [0.15, 0.2) is 6.10 Å². The Morgan fingerprint density at radius 3 is 2.71 bits per heavy atom. The van der Waals surface area contributed by atoms with Gasteiger partial charge in [-0.1, -0.05) is 17.7 Å². The van der Waals surface area contributed by atoms with E-state index < -0.39 is 42.7 Å². The number of carbonyl (C=O) groups is 2. The van der Waals surface area contributed by atoms with E-state index in [2.05, 4.69) is 15.7 Å². The maximum absolute atomic E-state index is 13.5. The van der Waals surface area contributed by atoms with Gasteiger partial charge in [0.2, 0.25) is 0 Å². The number of benzene rings is 1. The molecule has 1 aromatic heterocycles. The number of hydrogen-bond acceptors (Lipinski definition) is 4. The number of cyclic esters (lactones) is 1. The lowest BCUT2D eigenvalue weighted by Gasteiger charge is -2.20. The minimum atomic E-state index is -3.30. The van der Waals surface area contributed by atoms with Crippen molar-refractivity contribution in [2.75, 3.05) is 6.54 Å². The van der Waals surface area contributed by atoms with Crippen molar-refractivity contribution in [3.05, 3.63) is 52.6 Å². The number of hydrogen-bond donors (Lipinski definition) is 2. The summed E-state index contributed by atoms with van der Waals surface area (Å²) < 4.78 is 57.4. The molecule has 1 fully saturated rings. The van der Waals surface area contributed by atoms with Crippen LogP contribution in [0.5, 0.6) is 0 Å². The predicted molar refractivity (Wildman–Crippen MR) is 88.0 cm³/mol. The van der Waals surface area contributed by atoms with Gasteiger partial charge >= 0.3 is 6.09 Å². The molecule has 150 valence electrons. The van der Waals surface area contributed by atoms with Crippen LogP contribution in [0.25, 0.3) is 0 Å². The Balaban J connectivity index is 1.91. The number of ether oxygens (including phenoxy) is 1. The van der Waals surface area contributed by atoms with Gasteiger partial charge in [-0.15, -0.1) is 0 Å². The predicted octanol–water partition coefficient (Wildman–Crippen LogP) is 2.72. The normalized spacial score (nSPS) is 18.5. The highest BCUT2D eigenvalue weighted by Gasteiger charge is 2.32. The highest BCUT2D eigenvalue weighted by molar-refractivity contribution is 6.30. The standard InChI is InChI=1S/C16H13ClF4N4O3/c17-9-3-7(1-2-10(9)18)12(24-15(26)11-5-22-16(27)28-11)8-4-23-25(6-8)14(21)13(19)20/h1-4,6,11-14H,5H2,(H,22,27)(H,24,26)/t11?,12-,14?/m0/s1. The number of aromatic nitrogens is 2. The Morgan fingerprint density at radius 2 is 2.11 bits per heavy atom. The fourth-order valence-corrected chi connectivity index (χ4v) is 2.76. The zero-order valence-corrected chi connectivity index (χ0v) is 14.7. The third kappa shape index (κ3) is 4.19. The van der Waals surface area contributed by atoms with Crippen molar-refractivity contribution in [1.82, 2.24) is 20.4 Å². The molecule has 1 aliphatic rings. The molecule has 7 nitrogen and oxygen atoms in total. The Hall–Kier alpha value is -2.82. The molecule has 2 heterocycles. The summed E-state index contributed by atoms with van der Waals surface area (Å²) >= 11 is 5.78. The van der Waals surface area contributed by atoms with Gasteiger partial charge in [-0.25, -0.2) is 27.0 Å². The van der Waals surface area contributed by atoms with Crippen molar-refractivity contribution in [3.63, 3.8) is 0 Å². The highest BCUT2D eigenvalue weighted by atomic mass is 35.5. The van der Waals surface area contributed by atoms with Crippen molar-refractivity contribution in [2.45, 2.75) is 24.9 Å². The molecule has 0 aliphatic carbocycles. The molecule has 1 saturated heterocycles. The number of halogens is 5. The van der Waals surface area contributed by atoms with E-state index in [9.17, 15) is 27.2 Å². The maximum Gasteiger partial charge on any atom is 0.408 e. The number of alkyl carbamates (subject to hydrolysis) is 1. The van der Waals surface area contributed by atoms with Crippen LogP contribution < -0.4 is 10.6 Å². The Labute approximate surface area is 160 Å². The molecular formula is C16H13ClF4N4O3. The first-order chi connectivity index (χ1) is 13.3. The average Bonchev–Trinajstić information content (AvgIpc) is 3.30. The molecule has 1 aromatic carbocycles. The number of alkyl halides is 3. The lowest BCUT2D eigenvalue weighted by molar-refractivity contribution is -0.128. The van der Waals surface area contributed by atoms with Crippen molar-refractivity contribution >= 4 is 23.6 Å². The van der Waals surface area contributed by atoms with Crippen LogP contribution in [-0.2, 0) is 9.53 Å². The lowest BCUT2D eigenvalue weighted by Crippen LogP contribution is -2.39. The van der Waals surface area contributed by atoms with E-state index in [0.717, 1.165) is 18.5 Å². The van der Waals surface area contributed by atoms with E-state index in [0.29, 0.717) is 4.68 Å². The second-order valence-electron chi connectivity index (χ2n) is 5.85. The van der Waals surface area contributed by atoms with Crippen LogP contribution in [0.2, 0.25) is 5.02 Å². The SMILES string of the molecule is O=C1NCC(C(=O)N[C@@H](c2ccc(F)c(Cl)c2)c2cnn(C(F)C(F)F)c2)O1. The molecular weight excluding hydrogens is 408 g/mol. The summed E-state index contributed by atoms with van der Waals surface area (Å²) in [5.41, 5.74) is 0.417. The number of carbonyl (C=O) groups excluding carboxylic acids is 2. The summed E-state index contributed by atoms with van der Waals surface area (Å²) in [6, 6.07) is 2.54. The van der Waals surface area contributed by atoms with Crippen LogP contribution >= 0.6 is 11.6 Å². The smallest absolute Gasteiger partial charge is 0.408 e. The van der Waals surface area contributed by atoms with Gasteiger partial charge in [-0.05, 0) is 17.7 Å². The molecule has 3 atom stereocenters. The van der Waals surface area contributed by atoms with Crippen molar-refractivity contribution in [2.24, 2.45) is 0 Å². The van der Waals surface area contributed by atoms with Crippen LogP contribution in [0.4, 0.5) is 22.4 Å². The van der Waals surface area contributed by atoms with E-state index >= 15 is 0 Å². The molecule has 2 N–H and O–H groups in total. The van der Waals surface area contributed by atoms with E-state index in [1.807, 2.05) is 0 Å². The van der Waals surface area contributed by atoms with E-state index in [1.54, 1.807) is 0 Å². The van der Waals surface area contributed by atoms with Gasteiger partial charge in [0.05, 0.1) is 23.8 Å². The minimum absolute atomic E-state index is 0.0707. The van der Waals surface area contributed by atoms with Gasteiger partial charge in [0.25, 0.3) is 18.6 Å². The summed E-state index contributed by atoms with van der Waals surface area (Å²) in [6.07, 6.45) is -5.82. The van der Waals surface area contributed by atoms with Crippen molar-refractivity contribution in [3.8, 4) is 0 Å². The van der Waals surface area contributed by atoms with Crippen molar-refractivity contribution in [1.29, 1.82) is 0 Å². The Kier molecular flexibility index (Phi) is 5.73. The number of nitrogens with zero attached hydrogens (tertiary/aromatic N) is 2. The third-order valence-electron chi connectivity index (χ3n) is 3.95. The van der Waals surface area contributed by atoms with Gasteiger partial charge in [0.1, 0.15) is 5.82 Å². The third-order valence-corrected chi connectivity index (χ3v) is 4.24. The van der Waals surface area contributed by atoms with Crippen molar-refractivity contribution < 1.29 is 31.9 Å². The number of nitrogens with one attached hydrogen (secondary N) is 2. The molecule has 2 aromatic rings. The fraction of sp³-hybridized carbons (Fsp3) is 0.312. The van der Waals surface area contributed by atoms with Crippen LogP contribution in [0.1, 0.15) is 23.5 Å². The summed E-state index contributed by atoms with van der Waals surface area (Å²) in [5, 5.41) is 8.15. The van der Waals surface area contributed by atoms with Crippen LogP contribution in [-0.4, -0.2) is 40.9 Å². The highest BCUT2D eigenvalue weighted by Crippen LogP contribution is 2.28. The molecule has 1 aliphatic heterocycles. The first-order valence-electron chi connectivity index (χ1n) is 7.92. The first kappa shape index (κ1) is 19.9. The van der Waals surface area contributed by atoms with E-state index in [-0.39, 0.29) is 22.7 Å². The minimum Gasteiger partial charge on any atom is -0.434 e. The maximum atomic E-state index is 13.5. The van der Waals surface area contributed by atoms with Crippen LogP contribution in [0.15, 0.2) is 30.6 Å². The van der Waals surface area contributed by atoms with E-state index in [4.69, 9.17) is 16.3 Å². The summed E-state index contributed by atoms with van der Waals surface area (Å²) in [5.74, 6) is -1.41. The van der Waals surface area contributed by atoms with Gasteiger partial charge in [-0.2, -0.15) is 5.10 Å². The van der Waals surface area contributed by atoms with E-state index in [1.165, 1.54) is 12.1 Å². The molecule has 2 unspecified atom stereocenters. The Morgan fingerprint density at radius 1 is 1.36 bits per heavy atom. The van der Waals surface area contributed by atoms with Crippen LogP contribution in [0, 0.1) is 5.82 Å². The Bertz CT molecular complexity index is 895. The lowest BCUT2D eigenvalue weighted by atomic mass is 10.0. The molecule has 28 heavy (non-hydrogen) atoms. The van der Waals surface area contributed by atoms with Gasteiger partial charge < -0.3 is 15.4 Å². The van der Waals surface area contributed by atoms with Gasteiger partial charge in [0, 0.05) is 11.8 Å². The van der Waals surface area contributed by atoms with Crippen LogP contribution in [0.3, 0.4) is 0 Å². The zero-order chi connectivity index (χ0) is 20.4. The number of amides is 2. The van der Waals surface area contributed by atoms with Gasteiger partial charge in [-0.3, -0.25) is 4.79 Å². The molecule has 0 radical (unpaired) electrons. The topological polar surface area (TPSA) is 85.3 Å². The molecule has 2 amide bonds. The molecule has 3 rings (SSSR count). The number of rotatable bonds is 6. The molecule has 0 saturated carbocycles.